The summed E-state index contributed by atoms with van der Waals surface area (Å²) in [5.41, 5.74) is 14.2. The van der Waals surface area contributed by atoms with Gasteiger partial charge in [0.05, 0.1) is 16.4 Å². The molecule has 0 spiro atoms. The summed E-state index contributed by atoms with van der Waals surface area (Å²) < 4.78 is 9.17. The lowest BCUT2D eigenvalue weighted by Gasteiger charge is -2.12. The molecule has 0 atom stereocenters. The van der Waals surface area contributed by atoms with Gasteiger partial charge in [0.2, 0.25) is 0 Å². The van der Waals surface area contributed by atoms with Crippen LogP contribution < -0.4 is 0 Å². The SMILES string of the molecule is c1ccc(-c2cccc(-c3nc(-c4cccc(-c5ccccc5)c4)nc(-c4cccc5oc6ccc7c8ccccc8n(-c8cccc(-c9ccccc9)c8)c7c6c45)n3)c2)cc1. The zero-order valence-electron chi connectivity index (χ0n) is 33.5. The van der Waals surface area contributed by atoms with Crippen LogP contribution in [0.1, 0.15) is 0 Å². The number of benzene rings is 9. The molecule has 62 heavy (non-hydrogen) atoms. The monoisotopic (exact) mass is 792 g/mol. The largest absolute Gasteiger partial charge is 0.456 e. The van der Waals surface area contributed by atoms with E-state index in [1.807, 2.05) is 24.3 Å². The number of nitrogens with zero attached hydrogens (tertiary/aromatic N) is 4. The molecule has 0 bridgehead atoms. The van der Waals surface area contributed by atoms with Crippen LogP contribution in [-0.4, -0.2) is 19.5 Å². The minimum atomic E-state index is 0.569. The molecule has 3 aromatic heterocycles. The van der Waals surface area contributed by atoms with Crippen LogP contribution in [0.2, 0.25) is 0 Å². The number of aromatic nitrogens is 4. The molecule has 0 unspecified atom stereocenters. The van der Waals surface area contributed by atoms with Gasteiger partial charge in [0.25, 0.3) is 0 Å². The van der Waals surface area contributed by atoms with Gasteiger partial charge < -0.3 is 8.98 Å². The van der Waals surface area contributed by atoms with Gasteiger partial charge in [-0.2, -0.15) is 0 Å². The molecule has 0 aliphatic rings. The Morgan fingerprint density at radius 2 is 0.806 bits per heavy atom. The first kappa shape index (κ1) is 35.5. The maximum Gasteiger partial charge on any atom is 0.164 e. The number of hydrogen-bond donors (Lipinski definition) is 0. The summed E-state index contributed by atoms with van der Waals surface area (Å²) in [5.74, 6) is 1.75. The van der Waals surface area contributed by atoms with Crippen molar-refractivity contribution in [2.45, 2.75) is 0 Å². The predicted molar refractivity (Wildman–Crippen MR) is 254 cm³/mol. The van der Waals surface area contributed by atoms with Crippen LogP contribution in [0.3, 0.4) is 0 Å². The van der Waals surface area contributed by atoms with E-state index in [1.54, 1.807) is 0 Å². The summed E-state index contributed by atoms with van der Waals surface area (Å²) >= 11 is 0. The van der Waals surface area contributed by atoms with Gasteiger partial charge in [0.1, 0.15) is 11.2 Å². The van der Waals surface area contributed by atoms with Gasteiger partial charge in [-0.3, -0.25) is 0 Å². The molecule has 290 valence electrons. The molecule has 12 aromatic rings. The maximum absolute atomic E-state index is 6.78. The highest BCUT2D eigenvalue weighted by Crippen LogP contribution is 2.44. The molecule has 0 aliphatic heterocycles. The third-order valence-electron chi connectivity index (χ3n) is 11.8. The quantitative estimate of drug-likeness (QED) is 0.161. The van der Waals surface area contributed by atoms with E-state index >= 15 is 0 Å². The topological polar surface area (TPSA) is 56.7 Å². The van der Waals surface area contributed by atoms with Crippen LogP contribution in [0.4, 0.5) is 0 Å². The highest BCUT2D eigenvalue weighted by atomic mass is 16.3. The van der Waals surface area contributed by atoms with Gasteiger partial charge in [-0.1, -0.05) is 170 Å². The normalized spacial score (nSPS) is 11.5. The van der Waals surface area contributed by atoms with E-state index < -0.39 is 0 Å². The first-order chi connectivity index (χ1) is 30.7. The van der Waals surface area contributed by atoms with Gasteiger partial charge in [-0.25, -0.2) is 15.0 Å². The number of rotatable bonds is 7. The third-order valence-corrected chi connectivity index (χ3v) is 11.8. The summed E-state index contributed by atoms with van der Waals surface area (Å²) in [6, 6.07) is 76.2. The Hall–Kier alpha value is -8.41. The van der Waals surface area contributed by atoms with Crippen LogP contribution in [0.15, 0.2) is 223 Å². The number of hydrogen-bond acceptors (Lipinski definition) is 4. The second kappa shape index (κ2) is 14.7. The fourth-order valence-corrected chi connectivity index (χ4v) is 8.96. The van der Waals surface area contributed by atoms with Crippen molar-refractivity contribution < 1.29 is 4.42 Å². The van der Waals surface area contributed by atoms with Crippen LogP contribution >= 0.6 is 0 Å². The minimum absolute atomic E-state index is 0.569. The van der Waals surface area contributed by atoms with Gasteiger partial charge >= 0.3 is 0 Å². The summed E-state index contributed by atoms with van der Waals surface area (Å²) in [5, 5.41) is 4.27. The molecular weight excluding hydrogens is 757 g/mol. The van der Waals surface area contributed by atoms with E-state index in [2.05, 4.69) is 199 Å². The van der Waals surface area contributed by atoms with Crippen molar-refractivity contribution in [3.63, 3.8) is 0 Å². The fourth-order valence-electron chi connectivity index (χ4n) is 8.96. The highest BCUT2D eigenvalue weighted by molar-refractivity contribution is 6.26. The summed E-state index contributed by atoms with van der Waals surface area (Å²) in [4.78, 5) is 15.9. The van der Waals surface area contributed by atoms with Crippen molar-refractivity contribution in [3.05, 3.63) is 218 Å². The average Bonchev–Trinajstić information content (AvgIpc) is 3.91. The summed E-state index contributed by atoms with van der Waals surface area (Å²) in [6.07, 6.45) is 0. The lowest BCUT2D eigenvalue weighted by atomic mass is 10.0. The van der Waals surface area contributed by atoms with Crippen LogP contribution in [0, 0.1) is 0 Å². The third kappa shape index (κ3) is 6.06. The highest BCUT2D eigenvalue weighted by Gasteiger charge is 2.23. The molecule has 0 radical (unpaired) electrons. The van der Waals surface area contributed by atoms with Crippen molar-refractivity contribution in [3.8, 4) is 73.2 Å². The van der Waals surface area contributed by atoms with Crippen molar-refractivity contribution in [2.75, 3.05) is 0 Å². The van der Waals surface area contributed by atoms with Gasteiger partial charge in [0.15, 0.2) is 17.5 Å². The molecule has 9 aromatic carbocycles. The van der Waals surface area contributed by atoms with Crippen LogP contribution in [0.5, 0.6) is 0 Å². The molecule has 5 nitrogen and oxygen atoms in total. The van der Waals surface area contributed by atoms with Crippen molar-refractivity contribution in [1.29, 1.82) is 0 Å². The predicted octanol–water partition coefficient (Wildman–Crippen LogP) is 14.9. The van der Waals surface area contributed by atoms with Crippen molar-refractivity contribution >= 4 is 43.7 Å². The van der Waals surface area contributed by atoms with Crippen LogP contribution in [0.25, 0.3) is 117 Å². The Kier molecular flexibility index (Phi) is 8.42. The molecule has 0 aliphatic carbocycles. The second-order valence-electron chi connectivity index (χ2n) is 15.6. The lowest BCUT2D eigenvalue weighted by molar-refractivity contribution is 0.669. The van der Waals surface area contributed by atoms with E-state index in [-0.39, 0.29) is 0 Å². The van der Waals surface area contributed by atoms with Gasteiger partial charge in [-0.05, 0) is 81.9 Å². The Labute approximate surface area is 357 Å². The Morgan fingerprint density at radius 3 is 1.44 bits per heavy atom. The van der Waals surface area contributed by atoms with E-state index in [9.17, 15) is 0 Å². The zero-order chi connectivity index (χ0) is 41.0. The van der Waals surface area contributed by atoms with Gasteiger partial charge in [0, 0.05) is 38.5 Å². The molecule has 0 saturated heterocycles. The number of fused-ring (bicyclic) bond motifs is 7. The lowest BCUT2D eigenvalue weighted by Crippen LogP contribution is -2.01. The zero-order valence-corrected chi connectivity index (χ0v) is 33.5. The Bertz CT molecular complexity index is 3530. The Balaban J connectivity index is 1.13. The maximum atomic E-state index is 6.78. The summed E-state index contributed by atoms with van der Waals surface area (Å²) in [6.45, 7) is 0. The molecule has 5 heteroatoms. The van der Waals surface area contributed by atoms with Gasteiger partial charge in [-0.15, -0.1) is 0 Å². The smallest absolute Gasteiger partial charge is 0.164 e. The molecule has 0 saturated carbocycles. The van der Waals surface area contributed by atoms with Crippen molar-refractivity contribution in [2.24, 2.45) is 0 Å². The second-order valence-corrected chi connectivity index (χ2v) is 15.6. The number of furan rings is 1. The first-order valence-electron chi connectivity index (χ1n) is 20.8. The molecule has 0 fully saturated rings. The van der Waals surface area contributed by atoms with Crippen LogP contribution in [-0.2, 0) is 0 Å². The minimum Gasteiger partial charge on any atom is -0.456 e. The van der Waals surface area contributed by atoms with E-state index in [0.29, 0.717) is 17.5 Å². The molecule has 0 N–H and O–H groups in total. The molecular formula is C57H36N4O. The number of para-hydroxylation sites is 1. The summed E-state index contributed by atoms with van der Waals surface area (Å²) in [7, 11) is 0. The molecule has 0 amide bonds. The average molecular weight is 793 g/mol. The molecule has 12 rings (SSSR count). The fraction of sp³-hybridized carbons (Fsp3) is 0. The van der Waals surface area contributed by atoms with E-state index in [1.165, 1.54) is 10.9 Å². The molecule has 3 heterocycles. The Morgan fingerprint density at radius 1 is 0.323 bits per heavy atom. The van der Waals surface area contributed by atoms with E-state index in [0.717, 1.165) is 88.6 Å². The first-order valence-corrected chi connectivity index (χ1v) is 20.8. The van der Waals surface area contributed by atoms with Crippen molar-refractivity contribution in [1.82, 2.24) is 19.5 Å². The standard InChI is InChI=1S/C57H36N4O/c1-4-16-37(17-5-1)40-22-12-25-43(34-40)55-58-56(44-26-13-23-41(35-44)38-18-6-2-7-19-38)60-57(59-55)48-29-15-31-50-52(48)53-51(62-50)33-32-47-46-28-10-11-30-49(46)61(54(47)53)45-27-14-24-42(36-45)39-20-8-3-9-21-39/h1-36H. The van der Waals surface area contributed by atoms with E-state index in [4.69, 9.17) is 19.4 Å².